The number of rotatable bonds is 5. The van der Waals surface area contributed by atoms with E-state index in [1.54, 1.807) is 24.3 Å². The van der Waals surface area contributed by atoms with Gasteiger partial charge >= 0.3 is 0 Å². The van der Waals surface area contributed by atoms with Crippen molar-refractivity contribution in [3.05, 3.63) is 73.7 Å². The molecule has 9 heteroatoms. The first kappa shape index (κ1) is 21.7. The van der Waals surface area contributed by atoms with Crippen molar-refractivity contribution in [2.75, 3.05) is 13.1 Å². The molecule has 4 rings (SSSR count). The van der Waals surface area contributed by atoms with Crippen LogP contribution in [0.4, 0.5) is 0 Å². The molecule has 1 fully saturated rings. The predicted octanol–water partition coefficient (Wildman–Crippen LogP) is 5.31. The summed E-state index contributed by atoms with van der Waals surface area (Å²) in [4.78, 5) is 0.105. The fraction of sp³-hybridized carbons (Fsp3) is 0.333. The molecule has 2 heterocycles. The first-order valence-corrected chi connectivity index (χ1v) is 12.7. The monoisotopic (exact) mass is 481 g/mol. The minimum Gasteiger partial charge on any atom is -0.207 e. The molecular formula is C21H21Cl2N3O2S2. The maximum atomic E-state index is 13.3. The van der Waals surface area contributed by atoms with Crippen molar-refractivity contribution in [1.29, 1.82) is 0 Å². The molecule has 0 radical (unpaired) electrons. The van der Waals surface area contributed by atoms with Crippen molar-refractivity contribution in [3.8, 4) is 0 Å². The molecule has 0 aliphatic carbocycles. The molecule has 0 saturated carbocycles. The smallest absolute Gasteiger partial charge is 0.207 e. The summed E-state index contributed by atoms with van der Waals surface area (Å²) in [7, 11) is -3.72. The van der Waals surface area contributed by atoms with Gasteiger partial charge < -0.3 is 0 Å². The van der Waals surface area contributed by atoms with E-state index in [-0.39, 0.29) is 15.8 Å². The van der Waals surface area contributed by atoms with E-state index in [0.717, 1.165) is 29.3 Å². The highest BCUT2D eigenvalue weighted by molar-refractivity contribution is 7.89. The second-order valence-electron chi connectivity index (χ2n) is 7.43. The van der Waals surface area contributed by atoms with Gasteiger partial charge in [-0.1, -0.05) is 53.5 Å². The molecule has 158 valence electrons. The van der Waals surface area contributed by atoms with Crippen molar-refractivity contribution >= 4 is 44.6 Å². The molecule has 1 atom stereocenters. The van der Waals surface area contributed by atoms with E-state index in [1.807, 2.05) is 18.2 Å². The summed E-state index contributed by atoms with van der Waals surface area (Å²) in [5, 5.41) is 11.1. The Morgan fingerprint density at radius 1 is 1.13 bits per heavy atom. The fourth-order valence-corrected chi connectivity index (χ4v) is 6.94. The molecule has 1 aliphatic rings. The molecule has 0 bridgehead atoms. The Bertz CT molecular complexity index is 1150. The zero-order valence-electron chi connectivity index (χ0n) is 16.4. The van der Waals surface area contributed by atoms with Crippen LogP contribution in [-0.4, -0.2) is 36.0 Å². The molecule has 30 heavy (non-hydrogen) atoms. The molecule has 2 aromatic carbocycles. The van der Waals surface area contributed by atoms with Gasteiger partial charge in [0.25, 0.3) is 0 Å². The number of hydrogen-bond acceptors (Lipinski definition) is 5. The summed E-state index contributed by atoms with van der Waals surface area (Å²) in [5.41, 5.74) is 1.86. The number of hydrogen-bond donors (Lipinski definition) is 0. The molecule has 1 saturated heterocycles. The predicted molar refractivity (Wildman–Crippen MR) is 121 cm³/mol. The zero-order valence-corrected chi connectivity index (χ0v) is 19.5. The number of benzene rings is 2. The van der Waals surface area contributed by atoms with E-state index in [4.69, 9.17) is 23.2 Å². The molecule has 3 aromatic rings. The van der Waals surface area contributed by atoms with Crippen LogP contribution in [0.3, 0.4) is 0 Å². The maximum Gasteiger partial charge on any atom is 0.244 e. The van der Waals surface area contributed by atoms with Gasteiger partial charge in [-0.25, -0.2) is 8.42 Å². The lowest BCUT2D eigenvalue weighted by atomic mass is 10.0. The quantitative estimate of drug-likeness (QED) is 0.494. The van der Waals surface area contributed by atoms with E-state index < -0.39 is 10.0 Å². The highest BCUT2D eigenvalue weighted by atomic mass is 35.5. The zero-order chi connectivity index (χ0) is 21.3. The second kappa shape index (κ2) is 8.93. The lowest BCUT2D eigenvalue weighted by Gasteiger charge is -2.31. The summed E-state index contributed by atoms with van der Waals surface area (Å²) in [5.74, 6) is 0.0303. The van der Waals surface area contributed by atoms with Crippen LogP contribution >= 0.6 is 34.5 Å². The van der Waals surface area contributed by atoms with Crippen LogP contribution in [0, 0.1) is 6.92 Å². The molecule has 5 nitrogen and oxygen atoms in total. The Morgan fingerprint density at radius 2 is 1.90 bits per heavy atom. The van der Waals surface area contributed by atoms with E-state index >= 15 is 0 Å². The Morgan fingerprint density at radius 3 is 2.67 bits per heavy atom. The first-order chi connectivity index (χ1) is 14.3. The van der Waals surface area contributed by atoms with E-state index in [0.29, 0.717) is 23.7 Å². The first-order valence-electron chi connectivity index (χ1n) is 9.66. The summed E-state index contributed by atoms with van der Waals surface area (Å²) < 4.78 is 28.0. The molecule has 1 aliphatic heterocycles. The van der Waals surface area contributed by atoms with Gasteiger partial charge in [0.2, 0.25) is 10.0 Å². The van der Waals surface area contributed by atoms with Crippen LogP contribution in [-0.2, 0) is 16.4 Å². The van der Waals surface area contributed by atoms with Crippen LogP contribution in [0.2, 0.25) is 10.0 Å². The lowest BCUT2D eigenvalue weighted by Crippen LogP contribution is -2.39. The normalized spacial score (nSPS) is 17.9. The number of aromatic nitrogens is 2. The third-order valence-electron chi connectivity index (χ3n) is 5.24. The van der Waals surface area contributed by atoms with Gasteiger partial charge in [0.05, 0.1) is 5.02 Å². The Balaban J connectivity index is 1.53. The van der Waals surface area contributed by atoms with Gasteiger partial charge in [0.15, 0.2) is 0 Å². The maximum absolute atomic E-state index is 13.3. The Hall–Kier alpha value is -1.51. The van der Waals surface area contributed by atoms with E-state index in [2.05, 4.69) is 22.3 Å². The Kier molecular flexibility index (Phi) is 6.46. The van der Waals surface area contributed by atoms with Gasteiger partial charge in [-0.2, -0.15) is 4.31 Å². The molecule has 0 N–H and O–H groups in total. The molecular weight excluding hydrogens is 461 g/mol. The highest BCUT2D eigenvalue weighted by Gasteiger charge is 2.33. The second-order valence-corrected chi connectivity index (χ2v) is 11.2. The third kappa shape index (κ3) is 4.55. The fourth-order valence-electron chi connectivity index (χ4n) is 3.60. The molecule has 1 unspecified atom stereocenters. The summed E-state index contributed by atoms with van der Waals surface area (Å²) in [6, 6.07) is 13.2. The average molecular weight is 482 g/mol. The van der Waals surface area contributed by atoms with Gasteiger partial charge in [-0.15, -0.1) is 21.5 Å². The van der Waals surface area contributed by atoms with Crippen LogP contribution in [0.5, 0.6) is 0 Å². The standard InChI is InChI=1S/C21H21Cl2N3O2S2/c1-14-10-19(18(23)12-17(14)22)30(27,28)26-9-5-8-16(13-26)21-25-24-20(29-21)11-15-6-3-2-4-7-15/h2-4,6-7,10,12,16H,5,8-9,11,13H2,1H3. The molecule has 0 amide bonds. The summed E-state index contributed by atoms with van der Waals surface area (Å²) >= 11 is 13.9. The van der Waals surface area contributed by atoms with Crippen LogP contribution in [0.15, 0.2) is 47.4 Å². The number of halogens is 2. The number of piperidine rings is 1. The van der Waals surface area contributed by atoms with Crippen LogP contribution in [0.25, 0.3) is 0 Å². The SMILES string of the molecule is Cc1cc(S(=O)(=O)N2CCCC(c3nnc(Cc4ccccc4)s3)C2)c(Cl)cc1Cl. The largest absolute Gasteiger partial charge is 0.244 e. The van der Waals surface area contributed by atoms with Gasteiger partial charge in [-0.05, 0) is 43.0 Å². The summed E-state index contributed by atoms with van der Waals surface area (Å²) in [6.45, 7) is 2.61. The van der Waals surface area contributed by atoms with Gasteiger partial charge in [0.1, 0.15) is 14.9 Å². The number of nitrogens with zero attached hydrogens (tertiary/aromatic N) is 3. The van der Waals surface area contributed by atoms with Crippen molar-refractivity contribution in [2.45, 2.75) is 37.0 Å². The average Bonchev–Trinajstić information content (AvgIpc) is 3.20. The van der Waals surface area contributed by atoms with Crippen molar-refractivity contribution < 1.29 is 8.42 Å². The minimum atomic E-state index is -3.72. The Labute approximate surface area is 190 Å². The minimum absolute atomic E-state index is 0.0303. The number of sulfonamides is 1. The van der Waals surface area contributed by atoms with Crippen molar-refractivity contribution in [3.63, 3.8) is 0 Å². The van der Waals surface area contributed by atoms with Crippen molar-refractivity contribution in [2.24, 2.45) is 0 Å². The van der Waals surface area contributed by atoms with Gasteiger partial charge in [-0.3, -0.25) is 0 Å². The highest BCUT2D eigenvalue weighted by Crippen LogP contribution is 2.35. The third-order valence-corrected chi connectivity index (χ3v) is 9.07. The topological polar surface area (TPSA) is 63.2 Å². The summed E-state index contributed by atoms with van der Waals surface area (Å²) in [6.07, 6.45) is 2.38. The van der Waals surface area contributed by atoms with Crippen LogP contribution < -0.4 is 0 Å². The molecule has 1 aromatic heterocycles. The van der Waals surface area contributed by atoms with Crippen LogP contribution in [0.1, 0.15) is 39.9 Å². The lowest BCUT2D eigenvalue weighted by molar-refractivity contribution is 0.314. The van der Waals surface area contributed by atoms with Crippen molar-refractivity contribution in [1.82, 2.24) is 14.5 Å². The number of aryl methyl sites for hydroxylation is 1. The molecule has 0 spiro atoms. The van der Waals surface area contributed by atoms with Gasteiger partial charge in [0, 0.05) is 30.5 Å². The van der Waals surface area contributed by atoms with E-state index in [1.165, 1.54) is 15.9 Å². The van der Waals surface area contributed by atoms with E-state index in [9.17, 15) is 8.42 Å².